The molecule has 8 nitrogen and oxygen atoms in total. The third kappa shape index (κ3) is 2.69. The molecule has 2 aliphatic rings. The molecule has 0 saturated carbocycles. The lowest BCUT2D eigenvalue weighted by atomic mass is 10.0. The number of ether oxygens (including phenoxy) is 3. The highest BCUT2D eigenvalue weighted by molar-refractivity contribution is 5.92. The maximum Gasteiger partial charge on any atom is 0.330 e. The van der Waals surface area contributed by atoms with Crippen LogP contribution in [0.4, 0.5) is 0 Å². The van der Waals surface area contributed by atoms with Gasteiger partial charge in [0.05, 0.1) is 18.0 Å². The third-order valence-corrected chi connectivity index (χ3v) is 4.97. The van der Waals surface area contributed by atoms with E-state index in [-0.39, 0.29) is 12.9 Å². The molecule has 8 heteroatoms. The van der Waals surface area contributed by atoms with Crippen LogP contribution in [-0.2, 0) is 11.3 Å². The van der Waals surface area contributed by atoms with Gasteiger partial charge in [0.2, 0.25) is 6.79 Å². The predicted molar refractivity (Wildman–Crippen MR) is 97.2 cm³/mol. The van der Waals surface area contributed by atoms with Gasteiger partial charge >= 0.3 is 5.69 Å². The van der Waals surface area contributed by atoms with Crippen LogP contribution in [-0.4, -0.2) is 34.0 Å². The molecule has 0 unspecified atom stereocenters. The average molecular weight is 367 g/mol. The van der Waals surface area contributed by atoms with Crippen LogP contribution in [0.25, 0.3) is 22.2 Å². The van der Waals surface area contributed by atoms with Crippen LogP contribution < -0.4 is 20.7 Å². The highest BCUT2D eigenvalue weighted by Crippen LogP contribution is 2.37. The first-order valence-electron chi connectivity index (χ1n) is 8.84. The van der Waals surface area contributed by atoms with Gasteiger partial charge in [-0.2, -0.15) is 0 Å². The van der Waals surface area contributed by atoms with E-state index in [1.165, 1.54) is 4.57 Å². The summed E-state index contributed by atoms with van der Waals surface area (Å²) in [5.74, 6) is 1.29. The SMILES string of the molecule is O=c1[nH]c(=O)n(C[C@@H]2CCCO2)c2nccc(-c3ccc4c(c3)OCO4)c12. The van der Waals surface area contributed by atoms with E-state index in [4.69, 9.17) is 14.2 Å². The molecule has 2 aliphatic heterocycles. The first-order chi connectivity index (χ1) is 13.2. The number of hydrogen-bond donors (Lipinski definition) is 1. The maximum atomic E-state index is 12.6. The van der Waals surface area contributed by atoms with Gasteiger partial charge in [-0.3, -0.25) is 14.3 Å². The number of aromatic nitrogens is 3. The second-order valence-corrected chi connectivity index (χ2v) is 6.63. The summed E-state index contributed by atoms with van der Waals surface area (Å²) in [4.78, 5) is 31.8. The molecule has 138 valence electrons. The van der Waals surface area contributed by atoms with Gasteiger partial charge in [-0.15, -0.1) is 0 Å². The summed E-state index contributed by atoms with van der Waals surface area (Å²) < 4.78 is 17.9. The van der Waals surface area contributed by atoms with Crippen molar-refractivity contribution in [1.82, 2.24) is 14.5 Å². The van der Waals surface area contributed by atoms with Crippen LogP contribution in [0.3, 0.4) is 0 Å². The van der Waals surface area contributed by atoms with Crippen LogP contribution >= 0.6 is 0 Å². The van der Waals surface area contributed by atoms with Gasteiger partial charge in [0, 0.05) is 12.8 Å². The minimum absolute atomic E-state index is 0.0483. The number of nitrogens with one attached hydrogen (secondary N) is 1. The lowest BCUT2D eigenvalue weighted by Crippen LogP contribution is -2.34. The summed E-state index contributed by atoms with van der Waals surface area (Å²) in [6.07, 6.45) is 3.41. The molecule has 1 fully saturated rings. The normalized spacial score (nSPS) is 18.3. The summed E-state index contributed by atoms with van der Waals surface area (Å²) in [5, 5.41) is 0.369. The molecule has 5 rings (SSSR count). The third-order valence-electron chi connectivity index (χ3n) is 4.97. The van der Waals surface area contributed by atoms with Crippen molar-refractivity contribution < 1.29 is 14.2 Å². The fourth-order valence-corrected chi connectivity index (χ4v) is 3.67. The highest BCUT2D eigenvalue weighted by Gasteiger charge is 2.21. The molecule has 1 atom stereocenters. The average Bonchev–Trinajstić information content (AvgIpc) is 3.35. The van der Waals surface area contributed by atoms with E-state index >= 15 is 0 Å². The maximum absolute atomic E-state index is 12.6. The quantitative estimate of drug-likeness (QED) is 0.756. The number of hydrogen-bond acceptors (Lipinski definition) is 6. The smallest absolute Gasteiger partial charge is 0.330 e. The molecule has 0 aliphatic carbocycles. The number of nitrogens with zero attached hydrogens (tertiary/aromatic N) is 2. The second kappa shape index (κ2) is 6.24. The van der Waals surface area contributed by atoms with E-state index in [1.807, 2.05) is 12.1 Å². The molecule has 1 N–H and O–H groups in total. The highest BCUT2D eigenvalue weighted by atomic mass is 16.7. The number of benzene rings is 1. The van der Waals surface area contributed by atoms with Crippen molar-refractivity contribution in [3.8, 4) is 22.6 Å². The Morgan fingerprint density at radius 2 is 2.07 bits per heavy atom. The zero-order chi connectivity index (χ0) is 18.4. The van der Waals surface area contributed by atoms with E-state index in [2.05, 4.69) is 9.97 Å². The molecule has 2 aromatic heterocycles. The van der Waals surface area contributed by atoms with Crippen molar-refractivity contribution in [3.05, 3.63) is 51.3 Å². The van der Waals surface area contributed by atoms with Crippen LogP contribution in [0, 0.1) is 0 Å². The van der Waals surface area contributed by atoms with Gasteiger partial charge < -0.3 is 14.2 Å². The summed E-state index contributed by atoms with van der Waals surface area (Å²) in [6.45, 7) is 1.23. The van der Waals surface area contributed by atoms with Crippen molar-refractivity contribution in [2.75, 3.05) is 13.4 Å². The first-order valence-corrected chi connectivity index (χ1v) is 8.84. The van der Waals surface area contributed by atoms with Crippen molar-refractivity contribution in [3.63, 3.8) is 0 Å². The molecule has 0 amide bonds. The lowest BCUT2D eigenvalue weighted by molar-refractivity contribution is 0.0967. The lowest BCUT2D eigenvalue weighted by Gasteiger charge is -2.14. The Hall–Kier alpha value is -3.13. The van der Waals surface area contributed by atoms with E-state index in [9.17, 15) is 9.59 Å². The number of fused-ring (bicyclic) bond motifs is 2. The van der Waals surface area contributed by atoms with Crippen molar-refractivity contribution in [2.24, 2.45) is 0 Å². The molecule has 27 heavy (non-hydrogen) atoms. The first kappa shape index (κ1) is 16.1. The Balaban J connectivity index is 1.70. The Morgan fingerprint density at radius 3 is 2.93 bits per heavy atom. The molecular weight excluding hydrogens is 350 g/mol. The molecule has 0 radical (unpaired) electrons. The van der Waals surface area contributed by atoms with Gasteiger partial charge in [0.25, 0.3) is 5.56 Å². The Bertz CT molecular complexity index is 1140. The minimum Gasteiger partial charge on any atom is -0.454 e. The Kier molecular flexibility index (Phi) is 3.71. The molecule has 3 aromatic rings. The summed E-state index contributed by atoms with van der Waals surface area (Å²) >= 11 is 0. The van der Waals surface area contributed by atoms with Gasteiger partial charge in [-0.05, 0) is 42.2 Å². The molecule has 1 aromatic carbocycles. The molecule has 1 saturated heterocycles. The van der Waals surface area contributed by atoms with Gasteiger partial charge in [-0.1, -0.05) is 6.07 Å². The molecule has 4 heterocycles. The van der Waals surface area contributed by atoms with E-state index in [1.54, 1.807) is 18.3 Å². The van der Waals surface area contributed by atoms with Crippen LogP contribution in [0.15, 0.2) is 40.1 Å². The minimum atomic E-state index is -0.474. The van der Waals surface area contributed by atoms with Gasteiger partial charge in [0.15, 0.2) is 11.5 Å². The largest absolute Gasteiger partial charge is 0.454 e. The predicted octanol–water partition coefficient (Wildman–Crippen LogP) is 1.66. The summed E-state index contributed by atoms with van der Waals surface area (Å²) in [5.41, 5.74) is 0.896. The molecular formula is C19H17N3O5. The Labute approximate surface area is 153 Å². The van der Waals surface area contributed by atoms with E-state index in [0.717, 1.165) is 18.4 Å². The number of pyridine rings is 1. The fraction of sp³-hybridized carbons (Fsp3) is 0.316. The monoisotopic (exact) mass is 367 g/mol. The fourth-order valence-electron chi connectivity index (χ4n) is 3.67. The van der Waals surface area contributed by atoms with Crippen LogP contribution in [0.1, 0.15) is 12.8 Å². The van der Waals surface area contributed by atoms with Gasteiger partial charge in [0.1, 0.15) is 5.65 Å². The van der Waals surface area contributed by atoms with Crippen molar-refractivity contribution in [2.45, 2.75) is 25.5 Å². The van der Waals surface area contributed by atoms with Crippen LogP contribution in [0.5, 0.6) is 11.5 Å². The number of H-pyrrole nitrogens is 1. The molecule has 0 bridgehead atoms. The zero-order valence-corrected chi connectivity index (χ0v) is 14.4. The van der Waals surface area contributed by atoms with Gasteiger partial charge in [-0.25, -0.2) is 9.78 Å². The molecule has 0 spiro atoms. The zero-order valence-electron chi connectivity index (χ0n) is 14.4. The number of rotatable bonds is 3. The summed E-state index contributed by atoms with van der Waals surface area (Å²) in [7, 11) is 0. The van der Waals surface area contributed by atoms with E-state index < -0.39 is 11.2 Å². The number of aromatic amines is 1. The van der Waals surface area contributed by atoms with Crippen LogP contribution in [0.2, 0.25) is 0 Å². The van der Waals surface area contributed by atoms with E-state index in [0.29, 0.717) is 41.2 Å². The van der Waals surface area contributed by atoms with Crippen molar-refractivity contribution in [1.29, 1.82) is 0 Å². The van der Waals surface area contributed by atoms with Crippen molar-refractivity contribution >= 4 is 11.0 Å². The summed E-state index contributed by atoms with van der Waals surface area (Å²) in [6, 6.07) is 7.25. The Morgan fingerprint density at radius 1 is 1.19 bits per heavy atom. The standard InChI is InChI=1S/C19H17N3O5/c23-18-16-13(11-3-4-14-15(8-11)27-10-26-14)5-6-20-17(16)22(19(24)21-18)9-12-2-1-7-25-12/h3-6,8,12H,1-2,7,9-10H2,(H,21,23,24)/t12-/m0/s1. The second-order valence-electron chi connectivity index (χ2n) is 6.63. The topological polar surface area (TPSA) is 95.4 Å².